The summed E-state index contributed by atoms with van der Waals surface area (Å²) in [7, 11) is 0. The number of ether oxygens (including phenoxy) is 1. The van der Waals surface area contributed by atoms with E-state index in [1.807, 2.05) is 0 Å². The average Bonchev–Trinajstić information content (AvgIpc) is 2.25. The number of hydrogen-bond donors (Lipinski definition) is 1. The van der Waals surface area contributed by atoms with Gasteiger partial charge >= 0.3 is 6.61 Å². The molecule has 0 spiro atoms. The molecule has 1 aromatic carbocycles. The number of aliphatic hydroxyl groups excluding tert-OH is 1. The van der Waals surface area contributed by atoms with E-state index >= 15 is 0 Å². The van der Waals surface area contributed by atoms with Crippen LogP contribution in [0, 0.1) is 5.41 Å². The van der Waals surface area contributed by atoms with Crippen molar-refractivity contribution in [3.05, 3.63) is 29.8 Å². The molecule has 0 fully saturated rings. The largest absolute Gasteiger partial charge is 0.435 e. The van der Waals surface area contributed by atoms with Gasteiger partial charge in [0, 0.05) is 0 Å². The van der Waals surface area contributed by atoms with Crippen LogP contribution in [0.25, 0.3) is 0 Å². The standard InChI is InChI=1S/C14H20F2O2/c1-14(2,3)9-8-12(17)10-4-6-11(7-5-10)18-13(15)16/h4-7,12-13,17H,8-9H2,1-3H3. The van der Waals surface area contributed by atoms with Crippen molar-refractivity contribution in [2.24, 2.45) is 5.41 Å². The molecule has 0 aromatic heterocycles. The Morgan fingerprint density at radius 2 is 1.72 bits per heavy atom. The van der Waals surface area contributed by atoms with Gasteiger partial charge < -0.3 is 9.84 Å². The van der Waals surface area contributed by atoms with Crippen molar-refractivity contribution in [3.63, 3.8) is 0 Å². The van der Waals surface area contributed by atoms with E-state index in [0.29, 0.717) is 6.42 Å². The summed E-state index contributed by atoms with van der Waals surface area (Å²) in [6.07, 6.45) is 0.979. The zero-order valence-corrected chi connectivity index (χ0v) is 11.0. The molecule has 1 N–H and O–H groups in total. The summed E-state index contributed by atoms with van der Waals surface area (Å²) >= 11 is 0. The normalized spacial score (nSPS) is 13.7. The van der Waals surface area contributed by atoms with E-state index in [2.05, 4.69) is 25.5 Å². The van der Waals surface area contributed by atoms with E-state index in [0.717, 1.165) is 12.0 Å². The van der Waals surface area contributed by atoms with Gasteiger partial charge in [-0.25, -0.2) is 0 Å². The minimum Gasteiger partial charge on any atom is -0.435 e. The molecule has 0 aliphatic heterocycles. The van der Waals surface area contributed by atoms with Crippen LogP contribution in [0.3, 0.4) is 0 Å². The number of alkyl halides is 2. The van der Waals surface area contributed by atoms with Gasteiger partial charge in [-0.15, -0.1) is 0 Å². The van der Waals surface area contributed by atoms with Crippen LogP contribution in [0.5, 0.6) is 5.75 Å². The number of aliphatic hydroxyl groups is 1. The fourth-order valence-corrected chi connectivity index (χ4v) is 1.61. The zero-order valence-electron chi connectivity index (χ0n) is 11.0. The van der Waals surface area contributed by atoms with E-state index < -0.39 is 12.7 Å². The van der Waals surface area contributed by atoms with E-state index in [1.165, 1.54) is 12.1 Å². The Bertz CT molecular complexity index is 355. The number of rotatable bonds is 5. The van der Waals surface area contributed by atoms with Crippen LogP contribution in [0.15, 0.2) is 24.3 Å². The van der Waals surface area contributed by atoms with Crippen LogP contribution in [0.1, 0.15) is 45.3 Å². The Morgan fingerprint density at radius 3 is 2.17 bits per heavy atom. The first kappa shape index (κ1) is 14.9. The van der Waals surface area contributed by atoms with E-state index in [9.17, 15) is 13.9 Å². The lowest BCUT2D eigenvalue weighted by Gasteiger charge is -2.20. The van der Waals surface area contributed by atoms with Gasteiger partial charge in [-0.1, -0.05) is 32.9 Å². The second-order valence-corrected chi connectivity index (χ2v) is 5.56. The average molecular weight is 258 g/mol. The molecule has 0 amide bonds. The number of hydrogen-bond acceptors (Lipinski definition) is 2. The van der Waals surface area contributed by atoms with Gasteiger partial charge in [-0.3, -0.25) is 0 Å². The van der Waals surface area contributed by atoms with Crippen LogP contribution in [-0.4, -0.2) is 11.7 Å². The Balaban J connectivity index is 2.56. The molecule has 1 atom stereocenters. The van der Waals surface area contributed by atoms with Crippen molar-refractivity contribution in [2.45, 2.75) is 46.3 Å². The maximum atomic E-state index is 12.0. The molecule has 0 saturated heterocycles. The van der Waals surface area contributed by atoms with E-state index in [4.69, 9.17) is 0 Å². The van der Waals surface area contributed by atoms with Crippen LogP contribution < -0.4 is 4.74 Å². The fraction of sp³-hybridized carbons (Fsp3) is 0.571. The molecular weight excluding hydrogens is 238 g/mol. The first-order chi connectivity index (χ1) is 8.28. The maximum Gasteiger partial charge on any atom is 0.387 e. The summed E-state index contributed by atoms with van der Waals surface area (Å²) in [4.78, 5) is 0. The summed E-state index contributed by atoms with van der Waals surface area (Å²) in [5, 5.41) is 9.97. The number of halogens is 2. The minimum absolute atomic E-state index is 0.108. The van der Waals surface area contributed by atoms with Crippen molar-refractivity contribution in [2.75, 3.05) is 0 Å². The second-order valence-electron chi connectivity index (χ2n) is 5.56. The van der Waals surface area contributed by atoms with Gasteiger partial charge in [0.15, 0.2) is 0 Å². The Labute approximate surface area is 107 Å². The number of benzene rings is 1. The minimum atomic E-state index is -2.82. The summed E-state index contributed by atoms with van der Waals surface area (Å²) in [6, 6.07) is 6.12. The molecular formula is C14H20F2O2. The maximum absolute atomic E-state index is 12.0. The van der Waals surface area contributed by atoms with Crippen molar-refractivity contribution < 1.29 is 18.6 Å². The Hall–Kier alpha value is -1.16. The summed E-state index contributed by atoms with van der Waals surface area (Å²) in [6.45, 7) is 3.51. The fourth-order valence-electron chi connectivity index (χ4n) is 1.61. The third kappa shape index (κ3) is 5.45. The molecule has 4 heteroatoms. The van der Waals surface area contributed by atoms with Crippen molar-refractivity contribution in [1.29, 1.82) is 0 Å². The first-order valence-electron chi connectivity index (χ1n) is 6.01. The van der Waals surface area contributed by atoms with Gasteiger partial charge in [0.25, 0.3) is 0 Å². The second kappa shape index (κ2) is 6.14. The van der Waals surface area contributed by atoms with Gasteiger partial charge in [0.2, 0.25) is 0 Å². The molecule has 1 rings (SSSR count). The molecule has 0 heterocycles. The monoisotopic (exact) mass is 258 g/mol. The molecule has 0 radical (unpaired) electrons. The molecule has 0 aliphatic rings. The molecule has 18 heavy (non-hydrogen) atoms. The lowest BCUT2D eigenvalue weighted by Crippen LogP contribution is -2.08. The quantitative estimate of drug-likeness (QED) is 0.859. The zero-order chi connectivity index (χ0) is 13.8. The molecule has 0 bridgehead atoms. The molecule has 2 nitrogen and oxygen atoms in total. The summed E-state index contributed by atoms with van der Waals surface area (Å²) in [5.74, 6) is 0.108. The highest BCUT2D eigenvalue weighted by Crippen LogP contribution is 2.28. The van der Waals surface area contributed by atoms with Gasteiger partial charge in [0.05, 0.1) is 6.10 Å². The van der Waals surface area contributed by atoms with Crippen LogP contribution in [0.2, 0.25) is 0 Å². The van der Waals surface area contributed by atoms with E-state index in [-0.39, 0.29) is 11.2 Å². The van der Waals surface area contributed by atoms with Crippen LogP contribution >= 0.6 is 0 Å². The topological polar surface area (TPSA) is 29.5 Å². The first-order valence-corrected chi connectivity index (χ1v) is 6.01. The highest BCUT2D eigenvalue weighted by atomic mass is 19.3. The molecule has 0 aliphatic carbocycles. The third-order valence-electron chi connectivity index (χ3n) is 2.66. The highest BCUT2D eigenvalue weighted by Gasteiger charge is 2.15. The Kier molecular flexibility index (Phi) is 5.08. The highest BCUT2D eigenvalue weighted by molar-refractivity contribution is 5.28. The van der Waals surface area contributed by atoms with Crippen LogP contribution in [-0.2, 0) is 0 Å². The van der Waals surface area contributed by atoms with Crippen molar-refractivity contribution in [3.8, 4) is 5.75 Å². The smallest absolute Gasteiger partial charge is 0.387 e. The van der Waals surface area contributed by atoms with Gasteiger partial charge in [-0.05, 0) is 36.0 Å². The van der Waals surface area contributed by atoms with Crippen molar-refractivity contribution >= 4 is 0 Å². The van der Waals surface area contributed by atoms with Crippen LogP contribution in [0.4, 0.5) is 8.78 Å². The van der Waals surface area contributed by atoms with Crippen molar-refractivity contribution in [1.82, 2.24) is 0 Å². The third-order valence-corrected chi connectivity index (χ3v) is 2.66. The Morgan fingerprint density at radius 1 is 1.17 bits per heavy atom. The molecule has 1 unspecified atom stereocenters. The lowest BCUT2D eigenvalue weighted by atomic mass is 9.88. The molecule has 102 valence electrons. The van der Waals surface area contributed by atoms with Gasteiger partial charge in [0.1, 0.15) is 5.75 Å². The summed E-state index contributed by atoms with van der Waals surface area (Å²) < 4.78 is 28.2. The molecule has 1 aromatic rings. The summed E-state index contributed by atoms with van der Waals surface area (Å²) in [5.41, 5.74) is 0.889. The predicted molar refractivity (Wildman–Crippen MR) is 66.7 cm³/mol. The van der Waals surface area contributed by atoms with Gasteiger partial charge in [-0.2, -0.15) is 8.78 Å². The predicted octanol–water partition coefficient (Wildman–Crippen LogP) is 4.15. The lowest BCUT2D eigenvalue weighted by molar-refractivity contribution is -0.0498. The molecule has 0 saturated carbocycles. The van der Waals surface area contributed by atoms with E-state index in [1.54, 1.807) is 12.1 Å². The SMILES string of the molecule is CC(C)(C)CCC(O)c1ccc(OC(F)F)cc1.